The summed E-state index contributed by atoms with van der Waals surface area (Å²) in [5.74, 6) is -1.81. The number of rotatable bonds is 2. The Bertz CT molecular complexity index is 1020. The number of carbonyl (C=O) groups is 2. The Labute approximate surface area is 157 Å². The van der Waals surface area contributed by atoms with Gasteiger partial charge in [-0.3, -0.25) is 14.2 Å². The molecule has 2 amide bonds. The Morgan fingerprint density at radius 3 is 2.15 bits per heavy atom. The van der Waals surface area contributed by atoms with Crippen LogP contribution in [0.1, 0.15) is 6.92 Å². The lowest BCUT2D eigenvalue weighted by atomic mass is 9.79. The molecule has 4 aliphatic rings. The Balaban J connectivity index is 1.63. The fourth-order valence-corrected chi connectivity index (χ4v) is 7.72. The van der Waals surface area contributed by atoms with Crippen molar-refractivity contribution in [3.63, 3.8) is 0 Å². The summed E-state index contributed by atoms with van der Waals surface area (Å²) in [7, 11) is -3.30. The highest BCUT2D eigenvalue weighted by Crippen LogP contribution is 2.66. The van der Waals surface area contributed by atoms with Crippen molar-refractivity contribution in [2.24, 2.45) is 11.8 Å². The first-order valence-corrected chi connectivity index (χ1v) is 10.7. The van der Waals surface area contributed by atoms with E-state index >= 15 is 0 Å². The predicted octanol–water partition coefficient (Wildman–Crippen LogP) is 3.12. The summed E-state index contributed by atoms with van der Waals surface area (Å²) in [5.41, 5.74) is 0.823. The van der Waals surface area contributed by atoms with Crippen molar-refractivity contribution >= 4 is 30.2 Å². The molecule has 6 heteroatoms. The summed E-state index contributed by atoms with van der Waals surface area (Å²) in [6.07, 6.45) is 1.22. The molecule has 1 aliphatic carbocycles. The molecule has 1 unspecified atom stereocenters. The lowest BCUT2D eigenvalue weighted by Crippen LogP contribution is -2.49. The summed E-state index contributed by atoms with van der Waals surface area (Å²) >= 11 is 0. The van der Waals surface area contributed by atoms with Crippen molar-refractivity contribution in [3.05, 3.63) is 72.3 Å². The zero-order valence-electron chi connectivity index (χ0n) is 14.7. The molecule has 0 radical (unpaired) electrons. The fraction of sp³-hybridized carbons (Fsp3) is 0.238. The molecule has 5 atom stereocenters. The van der Waals surface area contributed by atoms with Crippen molar-refractivity contribution in [1.82, 2.24) is 0 Å². The van der Waals surface area contributed by atoms with Crippen molar-refractivity contribution < 1.29 is 18.7 Å². The molecule has 0 aromatic heterocycles. The summed E-state index contributed by atoms with van der Waals surface area (Å²) in [6, 6.07) is 17.9. The summed E-state index contributed by atoms with van der Waals surface area (Å²) < 4.78 is 20.0. The van der Waals surface area contributed by atoms with Gasteiger partial charge in [0.15, 0.2) is 0 Å². The summed E-state index contributed by atoms with van der Waals surface area (Å²) in [6.45, 7) is 1.88. The maximum atomic E-state index is 13.9. The fourth-order valence-electron chi connectivity index (χ4n) is 4.65. The molecule has 0 N–H and O–H groups in total. The van der Waals surface area contributed by atoms with Crippen molar-refractivity contribution in [2.75, 3.05) is 4.90 Å². The minimum Gasteiger partial charge on any atom is -0.316 e. The molecule has 2 saturated heterocycles. The average Bonchev–Trinajstić information content (AvgIpc) is 2.95. The molecule has 2 fully saturated rings. The average molecular weight is 379 g/mol. The number of hydrogen-bond acceptors (Lipinski definition) is 4. The van der Waals surface area contributed by atoms with Crippen molar-refractivity contribution in [3.8, 4) is 0 Å². The number of para-hydroxylation sites is 1. The van der Waals surface area contributed by atoms with Crippen LogP contribution in [-0.2, 0) is 18.7 Å². The van der Waals surface area contributed by atoms with E-state index in [4.69, 9.17) is 4.52 Å². The SMILES string of the molecule is CC1=C[C@@H]2OP(=O)(c3ccccc3)[C@H]1[C@@H]1C(=O)N(c3ccccc3)C(=O)[C@@H]12. The van der Waals surface area contributed by atoms with Crippen molar-refractivity contribution in [2.45, 2.75) is 18.7 Å². The zero-order valence-corrected chi connectivity index (χ0v) is 15.6. The van der Waals surface area contributed by atoms with Crippen LogP contribution in [0.15, 0.2) is 72.3 Å². The van der Waals surface area contributed by atoms with E-state index in [0.29, 0.717) is 11.0 Å². The number of allylic oxidation sites excluding steroid dienone is 1. The maximum absolute atomic E-state index is 13.9. The van der Waals surface area contributed by atoms with Gasteiger partial charge in [-0.1, -0.05) is 48.0 Å². The molecule has 5 nitrogen and oxygen atoms in total. The predicted molar refractivity (Wildman–Crippen MR) is 102 cm³/mol. The second kappa shape index (κ2) is 5.75. The second-order valence-corrected chi connectivity index (χ2v) is 9.73. The first-order chi connectivity index (χ1) is 13.0. The lowest BCUT2D eigenvalue weighted by Gasteiger charge is -2.46. The molecule has 3 aliphatic heterocycles. The largest absolute Gasteiger partial charge is 0.316 e. The highest BCUT2D eigenvalue weighted by atomic mass is 31.2. The molecule has 136 valence electrons. The standard InChI is InChI=1S/C21H18NO4P/c1-13-12-16-17-18(19(13)27(25,26-16)15-10-6-3-7-11-15)21(24)22(20(17)23)14-8-4-2-5-9-14/h2-12,16-19H,1H3/t16-,17+,18+,19+,27?/m0/s1. The van der Waals surface area contributed by atoms with Gasteiger partial charge in [-0.15, -0.1) is 0 Å². The van der Waals surface area contributed by atoms with E-state index in [1.807, 2.05) is 37.3 Å². The third-order valence-electron chi connectivity index (χ3n) is 5.76. The van der Waals surface area contributed by atoms with Gasteiger partial charge in [-0.2, -0.15) is 0 Å². The first kappa shape index (κ1) is 16.7. The third-order valence-corrected chi connectivity index (χ3v) is 8.80. The molecule has 0 saturated carbocycles. The van der Waals surface area contributed by atoms with Gasteiger partial charge in [-0.05, 0) is 31.2 Å². The minimum absolute atomic E-state index is 0.269. The molecule has 3 heterocycles. The molecule has 2 bridgehead atoms. The zero-order chi connectivity index (χ0) is 18.8. The van der Waals surface area contributed by atoms with Gasteiger partial charge in [0.2, 0.25) is 19.2 Å². The van der Waals surface area contributed by atoms with Gasteiger partial charge >= 0.3 is 0 Å². The number of hydrogen-bond donors (Lipinski definition) is 0. The molecule has 2 aromatic rings. The van der Waals surface area contributed by atoms with E-state index in [9.17, 15) is 14.2 Å². The van der Waals surface area contributed by atoms with E-state index in [1.54, 1.807) is 36.4 Å². The Hall–Kier alpha value is -2.49. The van der Waals surface area contributed by atoms with E-state index in [-0.39, 0.29) is 11.8 Å². The van der Waals surface area contributed by atoms with Crippen LogP contribution in [0.2, 0.25) is 0 Å². The number of nitrogens with zero attached hydrogens (tertiary/aromatic N) is 1. The van der Waals surface area contributed by atoms with Gasteiger partial charge in [0.1, 0.15) is 0 Å². The van der Waals surface area contributed by atoms with Crippen LogP contribution in [0.4, 0.5) is 5.69 Å². The molecule has 0 spiro atoms. The highest BCUT2D eigenvalue weighted by Gasteiger charge is 2.65. The smallest absolute Gasteiger partial charge is 0.240 e. The number of benzene rings is 2. The van der Waals surface area contributed by atoms with E-state index < -0.39 is 31.0 Å². The van der Waals surface area contributed by atoms with E-state index in [2.05, 4.69) is 0 Å². The van der Waals surface area contributed by atoms with Gasteiger partial charge in [0.25, 0.3) is 0 Å². The van der Waals surface area contributed by atoms with Crippen LogP contribution in [-0.4, -0.2) is 23.6 Å². The summed E-state index contributed by atoms with van der Waals surface area (Å²) in [5, 5.41) is 0.601. The monoisotopic (exact) mass is 379 g/mol. The van der Waals surface area contributed by atoms with Gasteiger partial charge in [0.05, 0.1) is 29.3 Å². The number of amides is 2. The number of carbonyl (C=O) groups excluding carboxylic acids is 2. The number of imide groups is 1. The molecule has 27 heavy (non-hydrogen) atoms. The Morgan fingerprint density at radius 2 is 1.48 bits per heavy atom. The summed E-state index contributed by atoms with van der Waals surface area (Å²) in [4.78, 5) is 27.6. The van der Waals surface area contributed by atoms with Crippen LogP contribution in [0.3, 0.4) is 0 Å². The third kappa shape index (κ3) is 2.19. The number of anilines is 1. The number of fused-ring (bicyclic) bond motifs is 1. The maximum Gasteiger partial charge on any atom is 0.240 e. The second-order valence-electron chi connectivity index (χ2n) is 7.26. The Kier molecular flexibility index (Phi) is 3.55. The van der Waals surface area contributed by atoms with Gasteiger partial charge < -0.3 is 4.52 Å². The van der Waals surface area contributed by atoms with E-state index in [0.717, 1.165) is 5.57 Å². The highest BCUT2D eigenvalue weighted by molar-refractivity contribution is 7.68. The molecular weight excluding hydrogens is 361 g/mol. The lowest BCUT2D eigenvalue weighted by molar-refractivity contribution is -0.123. The van der Waals surface area contributed by atoms with E-state index in [1.165, 1.54) is 4.90 Å². The van der Waals surface area contributed by atoms with Gasteiger partial charge in [0, 0.05) is 5.30 Å². The quantitative estimate of drug-likeness (QED) is 0.457. The van der Waals surface area contributed by atoms with Crippen molar-refractivity contribution in [1.29, 1.82) is 0 Å². The van der Waals surface area contributed by atoms with Crippen LogP contribution in [0, 0.1) is 11.8 Å². The molecule has 2 aromatic carbocycles. The van der Waals surface area contributed by atoms with Crippen LogP contribution >= 0.6 is 7.37 Å². The van der Waals surface area contributed by atoms with Crippen LogP contribution < -0.4 is 10.2 Å². The molecule has 6 rings (SSSR count). The minimum atomic E-state index is -3.30. The first-order valence-electron chi connectivity index (χ1n) is 8.97. The topological polar surface area (TPSA) is 63.7 Å². The van der Waals surface area contributed by atoms with Crippen LogP contribution in [0.25, 0.3) is 0 Å². The Morgan fingerprint density at radius 1 is 0.889 bits per heavy atom. The molecular formula is C21H18NO4P. The normalized spacial score (nSPS) is 34.6. The van der Waals surface area contributed by atoms with Gasteiger partial charge in [-0.25, -0.2) is 4.90 Å². The van der Waals surface area contributed by atoms with Crippen LogP contribution in [0.5, 0.6) is 0 Å².